The lowest BCUT2D eigenvalue weighted by atomic mass is 10.1. The molecule has 0 aromatic heterocycles. The highest BCUT2D eigenvalue weighted by molar-refractivity contribution is 9.10. The van der Waals surface area contributed by atoms with Crippen LogP contribution in [-0.2, 0) is 19.1 Å². The van der Waals surface area contributed by atoms with E-state index in [1.807, 2.05) is 25.1 Å². The molecule has 2 N–H and O–H groups in total. The van der Waals surface area contributed by atoms with Crippen molar-refractivity contribution >= 4 is 45.0 Å². The number of anilines is 2. The summed E-state index contributed by atoms with van der Waals surface area (Å²) in [6.45, 7) is 6.67. The van der Waals surface area contributed by atoms with Gasteiger partial charge in [-0.3, -0.25) is 19.3 Å². The van der Waals surface area contributed by atoms with E-state index in [2.05, 4.69) is 31.5 Å². The summed E-state index contributed by atoms with van der Waals surface area (Å²) in [6.07, 6.45) is 0.192. The van der Waals surface area contributed by atoms with Crippen molar-refractivity contribution in [1.29, 1.82) is 0 Å². The first-order valence-electron chi connectivity index (χ1n) is 12.1. The SMILES string of the molecule is Cc1cc(Br)ccc1NC(=O)COc1ccc(N2C[C@@H](C(=O)NCCN3CCOCC3)CC2=O)cc1. The molecule has 1 atom stereocenters. The Kier molecular flexibility index (Phi) is 8.95. The number of halogens is 1. The van der Waals surface area contributed by atoms with Crippen molar-refractivity contribution in [3.63, 3.8) is 0 Å². The average Bonchev–Trinajstić information content (AvgIpc) is 3.27. The van der Waals surface area contributed by atoms with Crippen LogP contribution < -0.4 is 20.3 Å². The Labute approximate surface area is 219 Å². The molecular weight excluding hydrogens is 528 g/mol. The number of amides is 3. The molecule has 2 aliphatic heterocycles. The number of carbonyl (C=O) groups is 3. The predicted octanol–water partition coefficient (Wildman–Crippen LogP) is 2.58. The standard InChI is InChI=1S/C26H31BrN4O5/c1-18-14-20(27)2-7-23(18)29-24(32)17-36-22-5-3-21(4-6-22)31-16-19(15-25(31)33)26(34)28-8-9-30-10-12-35-13-11-30/h2-7,14,19H,8-13,15-17H2,1H3,(H,28,34)(H,29,32)/t19-/m0/s1. The Morgan fingerprint density at radius 2 is 1.89 bits per heavy atom. The molecule has 2 saturated heterocycles. The molecule has 2 aromatic rings. The lowest BCUT2D eigenvalue weighted by Gasteiger charge is -2.26. The van der Waals surface area contributed by atoms with E-state index in [-0.39, 0.29) is 36.7 Å². The maximum Gasteiger partial charge on any atom is 0.262 e. The third kappa shape index (κ3) is 7.05. The molecule has 10 heteroatoms. The first-order chi connectivity index (χ1) is 17.4. The quantitative estimate of drug-likeness (QED) is 0.490. The van der Waals surface area contributed by atoms with Crippen LogP contribution in [0.3, 0.4) is 0 Å². The van der Waals surface area contributed by atoms with E-state index in [1.54, 1.807) is 29.2 Å². The van der Waals surface area contributed by atoms with Gasteiger partial charge in [0, 0.05) is 55.0 Å². The fraction of sp³-hybridized carbons (Fsp3) is 0.423. The van der Waals surface area contributed by atoms with Crippen LogP contribution in [0.15, 0.2) is 46.9 Å². The van der Waals surface area contributed by atoms with Gasteiger partial charge in [0.25, 0.3) is 5.91 Å². The van der Waals surface area contributed by atoms with Gasteiger partial charge < -0.3 is 25.0 Å². The highest BCUT2D eigenvalue weighted by Crippen LogP contribution is 2.27. The minimum Gasteiger partial charge on any atom is -0.484 e. The van der Waals surface area contributed by atoms with Crippen LogP contribution in [0.4, 0.5) is 11.4 Å². The van der Waals surface area contributed by atoms with Crippen molar-refractivity contribution in [1.82, 2.24) is 10.2 Å². The van der Waals surface area contributed by atoms with Crippen LogP contribution in [0.25, 0.3) is 0 Å². The minimum absolute atomic E-state index is 0.0822. The van der Waals surface area contributed by atoms with Crippen LogP contribution in [0, 0.1) is 12.8 Å². The number of rotatable bonds is 9. The van der Waals surface area contributed by atoms with Gasteiger partial charge >= 0.3 is 0 Å². The van der Waals surface area contributed by atoms with Crippen molar-refractivity contribution in [2.24, 2.45) is 5.92 Å². The summed E-state index contributed by atoms with van der Waals surface area (Å²) in [5.41, 5.74) is 2.38. The Morgan fingerprint density at radius 3 is 2.61 bits per heavy atom. The Morgan fingerprint density at radius 1 is 1.14 bits per heavy atom. The summed E-state index contributed by atoms with van der Waals surface area (Å²) in [4.78, 5) is 41.3. The van der Waals surface area contributed by atoms with Crippen LogP contribution in [-0.4, -0.2) is 75.2 Å². The van der Waals surface area contributed by atoms with Crippen molar-refractivity contribution < 1.29 is 23.9 Å². The molecule has 2 aliphatic rings. The van der Waals surface area contributed by atoms with E-state index in [0.29, 0.717) is 24.5 Å². The van der Waals surface area contributed by atoms with E-state index in [9.17, 15) is 14.4 Å². The highest BCUT2D eigenvalue weighted by atomic mass is 79.9. The first kappa shape index (κ1) is 26.1. The first-order valence-corrected chi connectivity index (χ1v) is 12.9. The summed E-state index contributed by atoms with van der Waals surface area (Å²) in [5, 5.41) is 5.80. The Hall–Kier alpha value is -2.95. The van der Waals surface area contributed by atoms with Gasteiger partial charge in [-0.05, 0) is 55.0 Å². The summed E-state index contributed by atoms with van der Waals surface area (Å²) in [5.74, 6) is -0.289. The van der Waals surface area contributed by atoms with E-state index in [4.69, 9.17) is 9.47 Å². The van der Waals surface area contributed by atoms with Gasteiger partial charge in [0.05, 0.1) is 19.1 Å². The summed E-state index contributed by atoms with van der Waals surface area (Å²) in [6, 6.07) is 12.6. The monoisotopic (exact) mass is 558 g/mol. The highest BCUT2D eigenvalue weighted by Gasteiger charge is 2.35. The molecule has 2 heterocycles. The average molecular weight is 559 g/mol. The second kappa shape index (κ2) is 12.3. The Bertz CT molecular complexity index is 1090. The molecule has 2 fully saturated rings. The number of carbonyl (C=O) groups excluding carboxylic acids is 3. The Balaban J connectivity index is 1.22. The molecule has 9 nitrogen and oxygen atoms in total. The maximum absolute atomic E-state index is 12.6. The molecule has 0 spiro atoms. The van der Waals surface area contributed by atoms with Crippen molar-refractivity contribution in [3.05, 3.63) is 52.5 Å². The fourth-order valence-electron chi connectivity index (χ4n) is 4.26. The smallest absolute Gasteiger partial charge is 0.262 e. The van der Waals surface area contributed by atoms with Crippen LogP contribution in [0.5, 0.6) is 5.75 Å². The predicted molar refractivity (Wildman–Crippen MR) is 140 cm³/mol. The number of nitrogens with one attached hydrogen (secondary N) is 2. The topological polar surface area (TPSA) is 100 Å². The van der Waals surface area contributed by atoms with E-state index >= 15 is 0 Å². The molecule has 0 aliphatic carbocycles. The zero-order valence-corrected chi connectivity index (χ0v) is 21.9. The van der Waals surface area contributed by atoms with E-state index in [1.165, 1.54) is 0 Å². The van der Waals surface area contributed by atoms with Crippen molar-refractivity contribution in [2.75, 3.05) is 62.8 Å². The fourth-order valence-corrected chi connectivity index (χ4v) is 4.74. The number of morpholine rings is 1. The normalized spacial score (nSPS) is 18.2. The number of hydrogen-bond donors (Lipinski definition) is 2. The molecule has 0 unspecified atom stereocenters. The van der Waals surface area contributed by atoms with Gasteiger partial charge in [-0.25, -0.2) is 0 Å². The van der Waals surface area contributed by atoms with Crippen LogP contribution in [0.1, 0.15) is 12.0 Å². The molecule has 0 bridgehead atoms. The number of aryl methyl sites for hydroxylation is 1. The van der Waals surface area contributed by atoms with Gasteiger partial charge in [-0.15, -0.1) is 0 Å². The van der Waals surface area contributed by atoms with Gasteiger partial charge in [0.15, 0.2) is 6.61 Å². The van der Waals surface area contributed by atoms with Crippen LogP contribution in [0.2, 0.25) is 0 Å². The van der Waals surface area contributed by atoms with Crippen molar-refractivity contribution in [3.8, 4) is 5.75 Å². The second-order valence-corrected chi connectivity index (χ2v) is 9.86. The van der Waals surface area contributed by atoms with Gasteiger partial charge in [-0.1, -0.05) is 15.9 Å². The zero-order valence-electron chi connectivity index (χ0n) is 20.3. The molecule has 2 aromatic carbocycles. The summed E-state index contributed by atoms with van der Waals surface area (Å²) in [7, 11) is 0. The van der Waals surface area contributed by atoms with Crippen LogP contribution >= 0.6 is 15.9 Å². The molecule has 4 rings (SSSR count). The third-order valence-corrected chi connectivity index (χ3v) is 6.80. The summed E-state index contributed by atoms with van der Waals surface area (Å²) < 4.78 is 11.9. The zero-order chi connectivity index (χ0) is 25.5. The van der Waals surface area contributed by atoms with E-state index in [0.717, 1.165) is 48.6 Å². The number of hydrogen-bond acceptors (Lipinski definition) is 6. The van der Waals surface area contributed by atoms with Gasteiger partial charge in [-0.2, -0.15) is 0 Å². The molecular formula is C26H31BrN4O5. The molecule has 0 radical (unpaired) electrons. The van der Waals surface area contributed by atoms with Gasteiger partial charge in [0.1, 0.15) is 5.75 Å². The van der Waals surface area contributed by atoms with Gasteiger partial charge in [0.2, 0.25) is 11.8 Å². The summed E-state index contributed by atoms with van der Waals surface area (Å²) >= 11 is 3.40. The number of nitrogens with zero attached hydrogens (tertiary/aromatic N) is 2. The number of benzene rings is 2. The lowest BCUT2D eigenvalue weighted by molar-refractivity contribution is -0.126. The lowest BCUT2D eigenvalue weighted by Crippen LogP contribution is -2.42. The molecule has 36 heavy (non-hydrogen) atoms. The number of ether oxygens (including phenoxy) is 2. The molecule has 0 saturated carbocycles. The molecule has 3 amide bonds. The third-order valence-electron chi connectivity index (χ3n) is 6.31. The maximum atomic E-state index is 12.6. The van der Waals surface area contributed by atoms with Crippen molar-refractivity contribution in [2.45, 2.75) is 13.3 Å². The molecule has 192 valence electrons. The minimum atomic E-state index is -0.371. The largest absolute Gasteiger partial charge is 0.484 e. The van der Waals surface area contributed by atoms with E-state index < -0.39 is 0 Å². The second-order valence-electron chi connectivity index (χ2n) is 8.94.